The van der Waals surface area contributed by atoms with Crippen LogP contribution >= 0.6 is 0 Å². The lowest BCUT2D eigenvalue weighted by Gasteiger charge is -2.15. The van der Waals surface area contributed by atoms with Crippen LogP contribution in [0.2, 0.25) is 0 Å². The van der Waals surface area contributed by atoms with Gasteiger partial charge >= 0.3 is 0 Å². The number of benzene rings is 2. The molecule has 27 heavy (non-hydrogen) atoms. The van der Waals surface area contributed by atoms with Crippen LogP contribution in [-0.2, 0) is 6.54 Å². The number of fused-ring (bicyclic) bond motifs is 1. The van der Waals surface area contributed by atoms with Gasteiger partial charge in [0.1, 0.15) is 11.6 Å². The van der Waals surface area contributed by atoms with E-state index in [1.54, 1.807) is 18.5 Å². The topological polar surface area (TPSA) is 50.2 Å². The van der Waals surface area contributed by atoms with E-state index >= 15 is 0 Å². The van der Waals surface area contributed by atoms with E-state index in [9.17, 15) is 13.6 Å². The summed E-state index contributed by atoms with van der Waals surface area (Å²) in [6.07, 6.45) is 4.30. The molecule has 0 aliphatic carbocycles. The van der Waals surface area contributed by atoms with Crippen LogP contribution in [0, 0.1) is 11.6 Å². The first-order chi connectivity index (χ1) is 13.1. The van der Waals surface area contributed by atoms with Gasteiger partial charge < -0.3 is 14.8 Å². The Labute approximate surface area is 155 Å². The van der Waals surface area contributed by atoms with Gasteiger partial charge in [-0.25, -0.2) is 13.8 Å². The first-order valence-corrected chi connectivity index (χ1v) is 9.04. The minimum Gasteiger partial charge on any atom is -0.329 e. The predicted octanol–water partition coefficient (Wildman–Crippen LogP) is 3.66. The lowest BCUT2D eigenvalue weighted by molar-refractivity contribution is 0.102. The summed E-state index contributed by atoms with van der Waals surface area (Å²) in [5.41, 5.74) is 1.98. The van der Waals surface area contributed by atoms with Crippen LogP contribution in [0.25, 0.3) is 11.0 Å². The Bertz CT molecular complexity index is 979. The van der Waals surface area contributed by atoms with Gasteiger partial charge in [0, 0.05) is 24.7 Å². The van der Waals surface area contributed by atoms with E-state index in [0.29, 0.717) is 11.1 Å². The maximum Gasteiger partial charge on any atom is 0.255 e. The molecule has 3 aromatic rings. The van der Waals surface area contributed by atoms with E-state index in [4.69, 9.17) is 0 Å². The van der Waals surface area contributed by atoms with Crippen LogP contribution in [0.3, 0.4) is 0 Å². The summed E-state index contributed by atoms with van der Waals surface area (Å²) >= 11 is 0. The van der Waals surface area contributed by atoms with Crippen LogP contribution in [0.1, 0.15) is 23.2 Å². The molecule has 2 heterocycles. The average Bonchev–Trinajstić information content (AvgIpc) is 3.31. The highest BCUT2D eigenvalue weighted by atomic mass is 19.1. The molecule has 0 unspecified atom stereocenters. The van der Waals surface area contributed by atoms with Crippen molar-refractivity contribution in [2.75, 3.05) is 25.0 Å². The molecular weight excluding hydrogens is 350 g/mol. The van der Waals surface area contributed by atoms with Gasteiger partial charge in [0.15, 0.2) is 0 Å². The zero-order valence-electron chi connectivity index (χ0n) is 14.8. The number of rotatable bonds is 5. The van der Waals surface area contributed by atoms with Gasteiger partial charge in [0.05, 0.1) is 23.0 Å². The van der Waals surface area contributed by atoms with Crippen LogP contribution in [0.4, 0.5) is 14.5 Å². The summed E-state index contributed by atoms with van der Waals surface area (Å²) in [6.45, 7) is 4.13. The summed E-state index contributed by atoms with van der Waals surface area (Å²) < 4.78 is 28.8. The monoisotopic (exact) mass is 370 g/mol. The van der Waals surface area contributed by atoms with Gasteiger partial charge in [-0.05, 0) is 56.3 Å². The summed E-state index contributed by atoms with van der Waals surface area (Å²) in [6, 6.07) is 8.26. The smallest absolute Gasteiger partial charge is 0.255 e. The number of carbonyl (C=O) groups is 1. The van der Waals surface area contributed by atoms with Gasteiger partial charge in [-0.1, -0.05) is 0 Å². The van der Waals surface area contributed by atoms with E-state index < -0.39 is 17.5 Å². The van der Waals surface area contributed by atoms with Gasteiger partial charge in [0.25, 0.3) is 5.91 Å². The number of anilines is 1. The minimum atomic E-state index is -0.810. The molecule has 1 N–H and O–H groups in total. The highest BCUT2D eigenvalue weighted by Crippen LogP contribution is 2.19. The second-order valence-electron chi connectivity index (χ2n) is 6.77. The van der Waals surface area contributed by atoms with Gasteiger partial charge in [0.2, 0.25) is 0 Å². The Kier molecular flexibility index (Phi) is 4.85. The third kappa shape index (κ3) is 3.83. The van der Waals surface area contributed by atoms with Crippen LogP contribution in [0.15, 0.2) is 42.7 Å². The van der Waals surface area contributed by atoms with Crippen molar-refractivity contribution in [3.8, 4) is 0 Å². The van der Waals surface area contributed by atoms with E-state index in [1.165, 1.54) is 18.9 Å². The van der Waals surface area contributed by atoms with Gasteiger partial charge in [-0.3, -0.25) is 4.79 Å². The third-order valence-corrected chi connectivity index (χ3v) is 4.92. The lowest BCUT2D eigenvalue weighted by atomic mass is 10.1. The fourth-order valence-corrected chi connectivity index (χ4v) is 3.42. The van der Waals surface area contributed by atoms with Crippen LogP contribution < -0.4 is 5.32 Å². The summed E-state index contributed by atoms with van der Waals surface area (Å²) in [4.78, 5) is 19.2. The summed E-state index contributed by atoms with van der Waals surface area (Å²) in [5, 5.41) is 2.47. The molecule has 7 heteroatoms. The molecule has 0 radical (unpaired) electrons. The Morgan fingerprint density at radius 2 is 1.89 bits per heavy atom. The molecule has 1 aliphatic rings. The molecule has 1 fully saturated rings. The Morgan fingerprint density at radius 1 is 1.07 bits per heavy atom. The molecule has 1 saturated heterocycles. The van der Waals surface area contributed by atoms with Crippen molar-refractivity contribution in [1.29, 1.82) is 0 Å². The molecule has 5 nitrogen and oxygen atoms in total. The molecule has 1 aromatic heterocycles. The number of imidazole rings is 1. The largest absolute Gasteiger partial charge is 0.329 e. The molecule has 140 valence electrons. The molecule has 4 rings (SSSR count). The van der Waals surface area contributed by atoms with Crippen molar-refractivity contribution in [3.05, 3.63) is 59.9 Å². The van der Waals surface area contributed by atoms with Crippen molar-refractivity contribution in [1.82, 2.24) is 14.5 Å². The first-order valence-electron chi connectivity index (χ1n) is 9.04. The normalized spacial score (nSPS) is 14.7. The Balaban J connectivity index is 1.48. The average molecular weight is 370 g/mol. The number of nitrogens with one attached hydrogen (secondary N) is 1. The SMILES string of the molecule is O=C(Nc1ccc(F)cc1F)c1ccc2c(c1)ncn2CCN1CCCC1. The number of hydrogen-bond donors (Lipinski definition) is 1. The van der Waals surface area contributed by atoms with E-state index in [2.05, 4.69) is 19.8 Å². The molecule has 0 bridgehead atoms. The number of amides is 1. The predicted molar refractivity (Wildman–Crippen MR) is 99.7 cm³/mol. The quantitative estimate of drug-likeness (QED) is 0.746. The molecule has 1 amide bonds. The highest BCUT2D eigenvalue weighted by molar-refractivity contribution is 6.06. The van der Waals surface area contributed by atoms with Crippen molar-refractivity contribution in [2.45, 2.75) is 19.4 Å². The van der Waals surface area contributed by atoms with Crippen LogP contribution in [0.5, 0.6) is 0 Å². The molecular formula is C20H20F2N4O. The number of likely N-dealkylation sites (tertiary alicyclic amines) is 1. The summed E-state index contributed by atoms with van der Waals surface area (Å²) in [7, 11) is 0. The fraction of sp³-hybridized carbons (Fsp3) is 0.300. The summed E-state index contributed by atoms with van der Waals surface area (Å²) in [5.74, 6) is -1.96. The van der Waals surface area contributed by atoms with Crippen molar-refractivity contribution in [3.63, 3.8) is 0 Å². The Morgan fingerprint density at radius 3 is 2.67 bits per heavy atom. The van der Waals surface area contributed by atoms with E-state index in [0.717, 1.165) is 43.8 Å². The van der Waals surface area contributed by atoms with Crippen LogP contribution in [-0.4, -0.2) is 40.0 Å². The molecule has 0 atom stereocenters. The number of aromatic nitrogens is 2. The lowest BCUT2D eigenvalue weighted by Crippen LogP contribution is -2.23. The van der Waals surface area contributed by atoms with Gasteiger partial charge in [-0.15, -0.1) is 0 Å². The number of nitrogens with zero attached hydrogens (tertiary/aromatic N) is 3. The second-order valence-corrected chi connectivity index (χ2v) is 6.77. The molecule has 0 spiro atoms. The number of halogens is 2. The minimum absolute atomic E-state index is 0.0577. The second kappa shape index (κ2) is 7.44. The highest BCUT2D eigenvalue weighted by Gasteiger charge is 2.14. The third-order valence-electron chi connectivity index (χ3n) is 4.92. The fourth-order valence-electron chi connectivity index (χ4n) is 3.42. The molecule has 2 aromatic carbocycles. The maximum absolute atomic E-state index is 13.7. The number of hydrogen-bond acceptors (Lipinski definition) is 3. The van der Waals surface area contributed by atoms with Crippen molar-refractivity contribution in [2.24, 2.45) is 0 Å². The zero-order valence-corrected chi connectivity index (χ0v) is 14.8. The van der Waals surface area contributed by atoms with Crippen molar-refractivity contribution >= 4 is 22.6 Å². The Hall–Kier alpha value is -2.80. The molecule has 1 aliphatic heterocycles. The van der Waals surface area contributed by atoms with E-state index in [-0.39, 0.29) is 5.69 Å². The standard InChI is InChI=1S/C20H20F2N4O/c21-15-4-5-17(16(22)12-15)24-20(27)14-3-6-19-18(11-14)23-13-26(19)10-9-25-7-1-2-8-25/h3-6,11-13H,1-2,7-10H2,(H,24,27). The number of carbonyl (C=O) groups excluding carboxylic acids is 1. The zero-order chi connectivity index (χ0) is 18.8. The maximum atomic E-state index is 13.7. The van der Waals surface area contributed by atoms with Gasteiger partial charge in [-0.2, -0.15) is 0 Å². The van der Waals surface area contributed by atoms with E-state index in [1.807, 2.05) is 6.07 Å². The first kappa shape index (κ1) is 17.6. The van der Waals surface area contributed by atoms with Crippen molar-refractivity contribution < 1.29 is 13.6 Å². The molecule has 0 saturated carbocycles.